The summed E-state index contributed by atoms with van der Waals surface area (Å²) in [5.74, 6) is 1.13. The Balaban J connectivity index is 1.95. The molecule has 0 unspecified atom stereocenters. The highest BCUT2D eigenvalue weighted by Crippen LogP contribution is 2.37. The van der Waals surface area contributed by atoms with Gasteiger partial charge >= 0.3 is 0 Å². The van der Waals surface area contributed by atoms with E-state index in [-0.39, 0.29) is 0 Å². The van der Waals surface area contributed by atoms with Crippen LogP contribution < -0.4 is 0 Å². The van der Waals surface area contributed by atoms with Gasteiger partial charge in [-0.1, -0.05) is 41.9 Å². The van der Waals surface area contributed by atoms with E-state index in [1.165, 1.54) is 0 Å². The van der Waals surface area contributed by atoms with Crippen LogP contribution in [0.25, 0.3) is 22.0 Å². The molecule has 4 rings (SSSR count). The van der Waals surface area contributed by atoms with Crippen LogP contribution in [0.1, 0.15) is 5.69 Å². The fraction of sp³-hybridized carbons (Fsp3) is 0. The molecule has 105 valence electrons. The van der Waals surface area contributed by atoms with Crippen LogP contribution in [-0.4, -0.2) is 4.98 Å². The molecule has 3 aromatic rings. The molecule has 0 N–H and O–H groups in total. The molecule has 0 amide bonds. The number of halogens is 1. The van der Waals surface area contributed by atoms with Crippen molar-refractivity contribution in [2.75, 3.05) is 0 Å². The maximum Gasteiger partial charge on any atom is 0.0707 e. The molecule has 0 atom stereocenters. The minimum absolute atomic E-state index is 0.731. The van der Waals surface area contributed by atoms with Crippen LogP contribution >= 0.6 is 11.6 Å². The summed E-state index contributed by atoms with van der Waals surface area (Å²) in [7, 11) is 0. The normalized spacial score (nSPS) is 15.5. The molecule has 0 bridgehead atoms. The predicted octanol–water partition coefficient (Wildman–Crippen LogP) is 5.31. The van der Waals surface area contributed by atoms with Crippen molar-refractivity contribution in [1.29, 1.82) is 0 Å². The van der Waals surface area contributed by atoms with Gasteiger partial charge in [0.05, 0.1) is 11.2 Å². The molecule has 1 saturated carbocycles. The Hall–Kier alpha value is -1.86. The lowest BCUT2D eigenvalue weighted by Gasteiger charge is -2.15. The predicted molar refractivity (Wildman–Crippen MR) is 91.7 cm³/mol. The van der Waals surface area contributed by atoms with Crippen LogP contribution in [0, 0.1) is 31.6 Å². The SMILES string of the molecule is Clc1ccc2nc([C]3[CH][CH][CH][CH]3)c(-c3ccccc3)cc2c1. The molecule has 5 radical (unpaired) electrons. The van der Waals surface area contributed by atoms with Crippen molar-refractivity contribution in [1.82, 2.24) is 4.98 Å². The third kappa shape index (κ3) is 2.50. The first-order valence-electron chi connectivity index (χ1n) is 7.19. The van der Waals surface area contributed by atoms with E-state index in [0.717, 1.165) is 38.7 Å². The number of aromatic nitrogens is 1. The van der Waals surface area contributed by atoms with Crippen molar-refractivity contribution in [3.8, 4) is 11.1 Å². The highest BCUT2D eigenvalue weighted by Gasteiger charge is 2.24. The van der Waals surface area contributed by atoms with Gasteiger partial charge in [0.2, 0.25) is 0 Å². The summed E-state index contributed by atoms with van der Waals surface area (Å²) in [5, 5.41) is 1.79. The number of hydrogen-bond acceptors (Lipinski definition) is 1. The minimum atomic E-state index is 0.731. The van der Waals surface area contributed by atoms with Gasteiger partial charge in [-0.25, -0.2) is 0 Å². The van der Waals surface area contributed by atoms with Crippen molar-refractivity contribution in [3.05, 3.63) is 96.9 Å². The summed E-state index contributed by atoms with van der Waals surface area (Å²) in [5.41, 5.74) is 4.25. The first-order chi connectivity index (χ1) is 10.8. The van der Waals surface area contributed by atoms with E-state index >= 15 is 0 Å². The quantitative estimate of drug-likeness (QED) is 0.625. The molecule has 1 nitrogen and oxygen atoms in total. The van der Waals surface area contributed by atoms with Crippen LogP contribution in [0.4, 0.5) is 0 Å². The molecule has 1 aromatic heterocycles. The summed E-state index contributed by atoms with van der Waals surface area (Å²) in [6.45, 7) is 0. The largest absolute Gasteiger partial charge is 0.252 e. The molecule has 1 heterocycles. The molecular formula is C20H13ClN. The van der Waals surface area contributed by atoms with E-state index in [1.54, 1.807) is 0 Å². The van der Waals surface area contributed by atoms with E-state index in [0.29, 0.717) is 0 Å². The van der Waals surface area contributed by atoms with Crippen LogP contribution in [0.3, 0.4) is 0 Å². The average molecular weight is 303 g/mol. The molecule has 2 aromatic carbocycles. The van der Waals surface area contributed by atoms with Crippen molar-refractivity contribution >= 4 is 22.5 Å². The Morgan fingerprint density at radius 3 is 2.36 bits per heavy atom. The second-order valence-electron chi connectivity index (χ2n) is 5.26. The second-order valence-corrected chi connectivity index (χ2v) is 5.70. The van der Waals surface area contributed by atoms with Gasteiger partial charge in [0, 0.05) is 21.9 Å². The maximum absolute atomic E-state index is 6.13. The van der Waals surface area contributed by atoms with E-state index in [2.05, 4.69) is 31.0 Å². The van der Waals surface area contributed by atoms with E-state index in [9.17, 15) is 0 Å². The lowest BCUT2D eigenvalue weighted by Crippen LogP contribution is -2.02. The molecule has 1 aliphatic rings. The number of hydrogen-bond donors (Lipinski definition) is 0. The smallest absolute Gasteiger partial charge is 0.0707 e. The zero-order valence-corrected chi connectivity index (χ0v) is 12.6. The van der Waals surface area contributed by atoms with Gasteiger partial charge in [0.1, 0.15) is 0 Å². The van der Waals surface area contributed by atoms with E-state index < -0.39 is 0 Å². The Morgan fingerprint density at radius 2 is 1.59 bits per heavy atom. The molecule has 0 spiro atoms. The number of nitrogens with zero attached hydrogens (tertiary/aromatic N) is 1. The third-order valence-electron chi connectivity index (χ3n) is 3.80. The summed E-state index contributed by atoms with van der Waals surface area (Å²) in [6.07, 6.45) is 8.27. The lowest BCUT2D eigenvalue weighted by molar-refractivity contribution is 1.17. The third-order valence-corrected chi connectivity index (χ3v) is 4.03. The number of benzene rings is 2. The maximum atomic E-state index is 6.13. The highest BCUT2D eigenvalue weighted by atomic mass is 35.5. The van der Waals surface area contributed by atoms with Gasteiger partial charge < -0.3 is 0 Å². The van der Waals surface area contributed by atoms with Crippen LogP contribution in [0.15, 0.2) is 54.6 Å². The first-order valence-corrected chi connectivity index (χ1v) is 7.57. The number of fused-ring (bicyclic) bond motifs is 1. The standard InChI is InChI=1S/C20H13ClN/c21-17-10-11-19-16(12-17)13-18(14-6-2-1-3-7-14)20(22-19)15-8-4-5-9-15/h1-13H. The summed E-state index contributed by atoms with van der Waals surface area (Å²) < 4.78 is 0. The summed E-state index contributed by atoms with van der Waals surface area (Å²) >= 11 is 6.13. The molecule has 1 fully saturated rings. The fourth-order valence-electron chi connectivity index (χ4n) is 2.74. The van der Waals surface area contributed by atoms with Crippen molar-refractivity contribution < 1.29 is 0 Å². The average Bonchev–Trinajstić information content (AvgIpc) is 3.09. The molecule has 0 saturated heterocycles. The minimum Gasteiger partial charge on any atom is -0.252 e. The van der Waals surface area contributed by atoms with E-state index in [1.807, 2.05) is 49.2 Å². The van der Waals surface area contributed by atoms with Crippen molar-refractivity contribution in [3.63, 3.8) is 0 Å². The van der Waals surface area contributed by atoms with Gasteiger partial charge in [0.15, 0.2) is 0 Å². The van der Waals surface area contributed by atoms with Gasteiger partial charge in [-0.2, -0.15) is 0 Å². The van der Waals surface area contributed by atoms with Crippen LogP contribution in [0.2, 0.25) is 5.02 Å². The topological polar surface area (TPSA) is 12.9 Å². The number of pyridine rings is 1. The lowest BCUT2D eigenvalue weighted by atomic mass is 9.93. The fourth-order valence-corrected chi connectivity index (χ4v) is 2.92. The van der Waals surface area contributed by atoms with Gasteiger partial charge in [-0.05, 0) is 55.5 Å². The Kier molecular flexibility index (Phi) is 3.59. The van der Waals surface area contributed by atoms with E-state index in [4.69, 9.17) is 16.6 Å². The molecule has 2 heteroatoms. The molecule has 22 heavy (non-hydrogen) atoms. The van der Waals surface area contributed by atoms with Crippen LogP contribution in [-0.2, 0) is 0 Å². The highest BCUT2D eigenvalue weighted by molar-refractivity contribution is 6.31. The number of rotatable bonds is 2. The summed E-state index contributed by atoms with van der Waals surface area (Å²) in [6, 6.07) is 18.3. The van der Waals surface area contributed by atoms with Gasteiger partial charge in [-0.15, -0.1) is 0 Å². The zero-order chi connectivity index (χ0) is 14.9. The molecular weight excluding hydrogens is 290 g/mol. The zero-order valence-electron chi connectivity index (χ0n) is 11.8. The van der Waals surface area contributed by atoms with Gasteiger partial charge in [-0.3, -0.25) is 4.98 Å². The Labute approximate surface area is 136 Å². The first kappa shape index (κ1) is 13.8. The van der Waals surface area contributed by atoms with Gasteiger partial charge in [0.25, 0.3) is 0 Å². The van der Waals surface area contributed by atoms with Crippen LogP contribution in [0.5, 0.6) is 0 Å². The molecule has 1 aliphatic carbocycles. The Morgan fingerprint density at radius 1 is 0.818 bits per heavy atom. The molecule has 0 aliphatic heterocycles. The van der Waals surface area contributed by atoms with Crippen molar-refractivity contribution in [2.45, 2.75) is 0 Å². The van der Waals surface area contributed by atoms with Crippen molar-refractivity contribution in [2.24, 2.45) is 0 Å². The summed E-state index contributed by atoms with van der Waals surface area (Å²) in [4.78, 5) is 4.88. The monoisotopic (exact) mass is 302 g/mol. The second kappa shape index (κ2) is 5.73. The Bertz CT molecular complexity index is 805.